The number of aryl methyl sites for hydroxylation is 1. The molecule has 1 unspecified atom stereocenters. The smallest absolute Gasteiger partial charge is 0.261 e. The molecule has 0 saturated heterocycles. The molecule has 0 aliphatic carbocycles. The first-order valence-electron chi connectivity index (χ1n) is 10.3. The predicted octanol–water partition coefficient (Wildman–Crippen LogP) is 3.50. The Bertz CT molecular complexity index is 1100. The van der Waals surface area contributed by atoms with Gasteiger partial charge in [0.15, 0.2) is 0 Å². The molecule has 31 heavy (non-hydrogen) atoms. The van der Waals surface area contributed by atoms with Crippen LogP contribution >= 0.6 is 0 Å². The van der Waals surface area contributed by atoms with E-state index in [1.165, 1.54) is 0 Å². The van der Waals surface area contributed by atoms with Crippen molar-refractivity contribution in [1.29, 1.82) is 0 Å². The zero-order valence-electron chi connectivity index (χ0n) is 17.1. The number of hydrogen-bond acceptors (Lipinski definition) is 5. The third-order valence-electron chi connectivity index (χ3n) is 5.38. The van der Waals surface area contributed by atoms with E-state index in [2.05, 4.69) is 10.0 Å². The van der Waals surface area contributed by atoms with Gasteiger partial charge in [0.1, 0.15) is 11.9 Å². The van der Waals surface area contributed by atoms with E-state index in [-0.39, 0.29) is 23.6 Å². The summed E-state index contributed by atoms with van der Waals surface area (Å²) in [6.45, 7) is 0.582. The van der Waals surface area contributed by atoms with E-state index >= 15 is 0 Å². The van der Waals surface area contributed by atoms with Crippen LogP contribution in [0.25, 0.3) is 0 Å². The lowest BCUT2D eigenvalue weighted by Crippen LogP contribution is -2.37. The van der Waals surface area contributed by atoms with Crippen LogP contribution in [0, 0.1) is 0 Å². The van der Waals surface area contributed by atoms with Crippen LogP contribution in [-0.2, 0) is 16.4 Å². The van der Waals surface area contributed by atoms with Gasteiger partial charge in [-0.05, 0) is 42.2 Å². The molecule has 0 saturated carbocycles. The fourth-order valence-corrected chi connectivity index (χ4v) is 4.76. The summed E-state index contributed by atoms with van der Waals surface area (Å²) in [5, 5.41) is 13.1. The molecule has 4 rings (SSSR count). The fraction of sp³-hybridized carbons (Fsp3) is 0.250. The van der Waals surface area contributed by atoms with Gasteiger partial charge in [0.05, 0.1) is 23.2 Å². The predicted molar refractivity (Wildman–Crippen MR) is 121 cm³/mol. The summed E-state index contributed by atoms with van der Waals surface area (Å²) in [5.74, 6) is 0.687. The van der Waals surface area contributed by atoms with Gasteiger partial charge in [0.25, 0.3) is 10.0 Å². The molecular weight excluding hydrogens is 412 g/mol. The highest BCUT2D eigenvalue weighted by Crippen LogP contribution is 2.31. The van der Waals surface area contributed by atoms with Gasteiger partial charge in [0.2, 0.25) is 0 Å². The number of anilines is 1. The molecule has 0 amide bonds. The number of ether oxygens (including phenoxy) is 1. The van der Waals surface area contributed by atoms with Crippen LogP contribution in [0.3, 0.4) is 0 Å². The fourth-order valence-electron chi connectivity index (χ4n) is 3.69. The second kappa shape index (κ2) is 9.51. The van der Waals surface area contributed by atoms with E-state index in [4.69, 9.17) is 4.74 Å². The van der Waals surface area contributed by atoms with Crippen LogP contribution in [0.5, 0.6) is 5.75 Å². The van der Waals surface area contributed by atoms with Crippen molar-refractivity contribution in [3.8, 4) is 5.75 Å². The number of benzene rings is 3. The van der Waals surface area contributed by atoms with E-state index in [1.54, 1.807) is 42.5 Å². The van der Waals surface area contributed by atoms with Crippen molar-refractivity contribution in [1.82, 2.24) is 5.32 Å². The third kappa shape index (κ3) is 5.25. The first kappa shape index (κ1) is 21.4. The number of aliphatic hydroxyl groups is 1. The van der Waals surface area contributed by atoms with Crippen molar-refractivity contribution < 1.29 is 18.3 Å². The molecule has 0 aromatic heterocycles. The van der Waals surface area contributed by atoms with Crippen LogP contribution < -0.4 is 14.8 Å². The Morgan fingerprint density at radius 1 is 1.00 bits per heavy atom. The van der Waals surface area contributed by atoms with Gasteiger partial charge in [-0.25, -0.2) is 8.42 Å². The topological polar surface area (TPSA) is 87.7 Å². The van der Waals surface area contributed by atoms with E-state index in [1.807, 2.05) is 36.4 Å². The average molecular weight is 439 g/mol. The molecule has 7 heteroatoms. The largest absolute Gasteiger partial charge is 0.489 e. The Morgan fingerprint density at radius 3 is 2.42 bits per heavy atom. The summed E-state index contributed by atoms with van der Waals surface area (Å²) < 4.78 is 34.0. The lowest BCUT2D eigenvalue weighted by atomic mass is 10.0. The van der Waals surface area contributed by atoms with Crippen LogP contribution in [0.4, 0.5) is 5.69 Å². The average Bonchev–Trinajstić information content (AvgIpc) is 2.80. The molecule has 3 aromatic rings. The minimum atomic E-state index is -3.65. The summed E-state index contributed by atoms with van der Waals surface area (Å²) in [6, 6.07) is 23.3. The minimum Gasteiger partial charge on any atom is -0.489 e. The zero-order valence-corrected chi connectivity index (χ0v) is 17.9. The highest BCUT2D eigenvalue weighted by molar-refractivity contribution is 7.92. The Morgan fingerprint density at radius 2 is 1.71 bits per heavy atom. The highest BCUT2D eigenvalue weighted by Gasteiger charge is 2.22. The Labute approximate surface area is 182 Å². The van der Waals surface area contributed by atoms with Crippen molar-refractivity contribution in [3.63, 3.8) is 0 Å². The first-order valence-corrected chi connectivity index (χ1v) is 11.8. The summed E-state index contributed by atoms with van der Waals surface area (Å²) >= 11 is 0. The minimum absolute atomic E-state index is 0.00126. The van der Waals surface area contributed by atoms with Crippen molar-refractivity contribution in [2.24, 2.45) is 0 Å². The molecule has 1 aliphatic heterocycles. The molecule has 0 radical (unpaired) electrons. The standard InChI is InChI=1S/C24H26N2O4S/c27-17-23(18-7-3-1-4-8-18)25-16-21-14-12-19-11-13-20(15-24(19)30-21)26-31(28,29)22-9-5-2-6-10-22/h1-11,13,15,21,23,25-27H,12,14,16-17H2/t21?,23-/m0/s1. The maximum atomic E-state index is 12.6. The first-order chi connectivity index (χ1) is 15.0. The molecule has 2 atom stereocenters. The van der Waals surface area contributed by atoms with E-state index in [9.17, 15) is 13.5 Å². The Hall–Kier alpha value is -2.87. The molecule has 0 fully saturated rings. The maximum absolute atomic E-state index is 12.6. The summed E-state index contributed by atoms with van der Waals surface area (Å²) in [7, 11) is -3.65. The van der Waals surface area contributed by atoms with E-state index in [0.717, 1.165) is 24.0 Å². The van der Waals surface area contributed by atoms with Crippen molar-refractivity contribution >= 4 is 15.7 Å². The number of fused-ring (bicyclic) bond motifs is 1. The Balaban J connectivity index is 1.42. The zero-order chi connectivity index (χ0) is 21.7. The molecule has 1 aliphatic rings. The van der Waals surface area contributed by atoms with Gasteiger partial charge >= 0.3 is 0 Å². The molecule has 1 heterocycles. The number of nitrogens with one attached hydrogen (secondary N) is 2. The molecule has 3 N–H and O–H groups in total. The van der Waals surface area contributed by atoms with E-state index in [0.29, 0.717) is 18.0 Å². The molecule has 0 bridgehead atoms. The highest BCUT2D eigenvalue weighted by atomic mass is 32.2. The van der Waals surface area contributed by atoms with Crippen LogP contribution in [0.15, 0.2) is 83.8 Å². The molecule has 0 spiro atoms. The lowest BCUT2D eigenvalue weighted by molar-refractivity contribution is 0.156. The van der Waals surface area contributed by atoms with Crippen molar-refractivity contribution in [2.75, 3.05) is 17.9 Å². The number of sulfonamides is 1. The SMILES string of the molecule is O=S(=O)(Nc1ccc2c(c1)OC(CN[C@@H](CO)c1ccccc1)CC2)c1ccccc1. The number of rotatable bonds is 8. The van der Waals surface area contributed by atoms with Gasteiger partial charge in [-0.3, -0.25) is 4.72 Å². The summed E-state index contributed by atoms with van der Waals surface area (Å²) in [6.07, 6.45) is 1.64. The molecule has 162 valence electrons. The molecule has 3 aromatic carbocycles. The quantitative estimate of drug-likeness (QED) is 0.501. The second-order valence-electron chi connectivity index (χ2n) is 7.57. The third-order valence-corrected chi connectivity index (χ3v) is 6.78. The van der Waals surface area contributed by atoms with Gasteiger partial charge in [0, 0.05) is 12.6 Å². The molecule has 6 nitrogen and oxygen atoms in total. The second-order valence-corrected chi connectivity index (χ2v) is 9.26. The lowest BCUT2D eigenvalue weighted by Gasteiger charge is -2.28. The van der Waals surface area contributed by atoms with Crippen LogP contribution in [-0.4, -0.2) is 32.8 Å². The van der Waals surface area contributed by atoms with Crippen molar-refractivity contribution in [3.05, 3.63) is 90.0 Å². The van der Waals surface area contributed by atoms with Gasteiger partial charge in [-0.15, -0.1) is 0 Å². The number of hydrogen-bond donors (Lipinski definition) is 3. The van der Waals surface area contributed by atoms with Gasteiger partial charge in [-0.2, -0.15) is 0 Å². The summed E-state index contributed by atoms with van der Waals surface area (Å²) in [5.41, 5.74) is 2.55. The van der Waals surface area contributed by atoms with Gasteiger partial charge in [-0.1, -0.05) is 54.6 Å². The maximum Gasteiger partial charge on any atom is 0.261 e. The van der Waals surface area contributed by atoms with Crippen LogP contribution in [0.1, 0.15) is 23.6 Å². The monoisotopic (exact) mass is 438 g/mol. The van der Waals surface area contributed by atoms with E-state index < -0.39 is 10.0 Å². The summed E-state index contributed by atoms with van der Waals surface area (Å²) in [4.78, 5) is 0.215. The van der Waals surface area contributed by atoms with Crippen molar-refractivity contribution in [2.45, 2.75) is 29.9 Å². The normalized spacial score (nSPS) is 16.7. The Kier molecular flexibility index (Phi) is 6.56. The molecular formula is C24H26N2O4S. The number of aliphatic hydroxyl groups excluding tert-OH is 1. The van der Waals surface area contributed by atoms with Crippen LogP contribution in [0.2, 0.25) is 0 Å². The van der Waals surface area contributed by atoms with Gasteiger partial charge < -0.3 is 15.2 Å².